The number of ether oxygens (including phenoxy) is 1. The van der Waals surface area contributed by atoms with Crippen molar-refractivity contribution in [1.29, 1.82) is 0 Å². The molecule has 31 heavy (non-hydrogen) atoms. The average molecular weight is 433 g/mol. The number of aromatic nitrogens is 3. The van der Waals surface area contributed by atoms with E-state index in [0.717, 1.165) is 12.1 Å². The number of fused-ring (bicyclic) bond motifs is 1. The van der Waals surface area contributed by atoms with E-state index in [9.17, 15) is 22.8 Å². The number of nitrogens with zero attached hydrogens (tertiary/aromatic N) is 4. The van der Waals surface area contributed by atoms with Crippen molar-refractivity contribution in [3.8, 4) is 11.6 Å². The fourth-order valence-electron chi connectivity index (χ4n) is 3.51. The second-order valence-electron chi connectivity index (χ2n) is 7.21. The van der Waals surface area contributed by atoms with Crippen LogP contribution in [0.25, 0.3) is 10.9 Å². The molecule has 1 fully saturated rings. The summed E-state index contributed by atoms with van der Waals surface area (Å²) >= 11 is 0. The Morgan fingerprint density at radius 1 is 1.23 bits per heavy atom. The number of hydrogen-bond donors (Lipinski definition) is 1. The Kier molecular flexibility index (Phi) is 5.03. The molecule has 1 aromatic carbocycles. The van der Waals surface area contributed by atoms with Gasteiger partial charge in [0.2, 0.25) is 17.7 Å². The van der Waals surface area contributed by atoms with Gasteiger partial charge in [0, 0.05) is 44.2 Å². The van der Waals surface area contributed by atoms with Gasteiger partial charge in [0.15, 0.2) is 0 Å². The summed E-state index contributed by atoms with van der Waals surface area (Å²) in [4.78, 5) is 29.6. The van der Waals surface area contributed by atoms with Gasteiger partial charge in [0.05, 0.1) is 23.0 Å². The number of likely N-dealkylation sites (tertiary alicyclic amines) is 1. The van der Waals surface area contributed by atoms with E-state index in [2.05, 4.69) is 15.4 Å². The van der Waals surface area contributed by atoms with E-state index in [-0.39, 0.29) is 23.4 Å². The Balaban J connectivity index is 1.62. The molecule has 0 saturated carbocycles. The van der Waals surface area contributed by atoms with Crippen molar-refractivity contribution in [3.05, 3.63) is 42.2 Å². The summed E-state index contributed by atoms with van der Waals surface area (Å²) < 4.78 is 45.4. The third kappa shape index (κ3) is 4.03. The molecule has 0 aliphatic carbocycles. The van der Waals surface area contributed by atoms with Crippen LogP contribution >= 0.6 is 0 Å². The molecule has 3 heterocycles. The Morgan fingerprint density at radius 3 is 2.61 bits per heavy atom. The Morgan fingerprint density at radius 2 is 2.00 bits per heavy atom. The Labute approximate surface area is 174 Å². The minimum Gasteiger partial charge on any atom is -0.439 e. The van der Waals surface area contributed by atoms with Gasteiger partial charge >= 0.3 is 6.18 Å². The Bertz CT molecular complexity index is 1160. The number of aryl methyl sites for hydroxylation is 1. The van der Waals surface area contributed by atoms with E-state index in [1.54, 1.807) is 31.0 Å². The molecule has 1 unspecified atom stereocenters. The molecule has 0 radical (unpaired) electrons. The zero-order valence-corrected chi connectivity index (χ0v) is 16.6. The number of rotatable bonds is 4. The monoisotopic (exact) mass is 433 g/mol. The van der Waals surface area contributed by atoms with Gasteiger partial charge in [-0.3, -0.25) is 14.3 Å². The summed E-state index contributed by atoms with van der Waals surface area (Å²) in [6.45, 7) is 0. The van der Waals surface area contributed by atoms with Crippen LogP contribution in [-0.4, -0.2) is 44.6 Å². The highest BCUT2D eigenvalue weighted by molar-refractivity contribution is 6.04. The van der Waals surface area contributed by atoms with Crippen molar-refractivity contribution in [3.63, 3.8) is 0 Å². The second kappa shape index (κ2) is 7.56. The van der Waals surface area contributed by atoms with Crippen LogP contribution in [0.1, 0.15) is 18.4 Å². The number of likely N-dealkylation sites (N-methyl/N-ethyl adjacent to an activating group) is 1. The second-order valence-corrected chi connectivity index (χ2v) is 7.21. The van der Waals surface area contributed by atoms with Crippen LogP contribution < -0.4 is 10.1 Å². The van der Waals surface area contributed by atoms with Crippen molar-refractivity contribution in [1.82, 2.24) is 19.7 Å². The lowest BCUT2D eigenvalue weighted by Crippen LogP contribution is -2.38. The van der Waals surface area contributed by atoms with Gasteiger partial charge in [-0.15, -0.1) is 0 Å². The van der Waals surface area contributed by atoms with Crippen LogP contribution in [-0.2, 0) is 22.8 Å². The highest BCUT2D eigenvalue weighted by Crippen LogP contribution is 2.33. The molecule has 1 saturated heterocycles. The average Bonchev–Trinajstić information content (AvgIpc) is 3.24. The van der Waals surface area contributed by atoms with Crippen LogP contribution in [0.4, 0.5) is 18.9 Å². The van der Waals surface area contributed by atoms with Crippen molar-refractivity contribution < 1.29 is 27.5 Å². The SMILES string of the molecule is CN1C(=O)CCC1C(=O)Nc1cc(Oc2ccc(C(F)(F)F)cn2)cc2cnn(C)c12. The number of hydrogen-bond acceptors (Lipinski definition) is 5. The first-order valence-corrected chi connectivity index (χ1v) is 9.37. The van der Waals surface area contributed by atoms with Gasteiger partial charge in [0.25, 0.3) is 0 Å². The van der Waals surface area contributed by atoms with Crippen molar-refractivity contribution in [2.45, 2.75) is 25.1 Å². The largest absolute Gasteiger partial charge is 0.439 e. The standard InChI is InChI=1S/C20H18F3N5O3/c1-27-15(4-6-17(27)29)19(30)26-14-8-13(7-11-9-25-28(2)18(11)14)31-16-5-3-12(10-24-16)20(21,22)23/h3,5,7-10,15H,4,6H2,1-2H3,(H,26,30). The topological polar surface area (TPSA) is 89.3 Å². The van der Waals surface area contributed by atoms with Crippen molar-refractivity contribution >= 4 is 28.4 Å². The molecular weight excluding hydrogens is 415 g/mol. The number of anilines is 1. The number of amides is 2. The molecule has 162 valence electrons. The molecule has 11 heteroatoms. The summed E-state index contributed by atoms with van der Waals surface area (Å²) in [6, 6.07) is 4.59. The maximum Gasteiger partial charge on any atom is 0.417 e. The van der Waals surface area contributed by atoms with Gasteiger partial charge in [-0.2, -0.15) is 18.3 Å². The lowest BCUT2D eigenvalue weighted by Gasteiger charge is -2.20. The molecule has 1 aliphatic rings. The van der Waals surface area contributed by atoms with Crippen LogP contribution in [0.2, 0.25) is 0 Å². The van der Waals surface area contributed by atoms with E-state index in [0.29, 0.717) is 35.6 Å². The molecule has 1 atom stereocenters. The number of pyridine rings is 1. The predicted octanol–water partition coefficient (Wildman–Crippen LogP) is 3.34. The third-order valence-corrected chi connectivity index (χ3v) is 5.15. The fraction of sp³-hybridized carbons (Fsp3) is 0.300. The zero-order chi connectivity index (χ0) is 22.3. The highest BCUT2D eigenvalue weighted by Gasteiger charge is 2.33. The van der Waals surface area contributed by atoms with Crippen LogP contribution in [0.5, 0.6) is 11.6 Å². The first-order chi connectivity index (χ1) is 14.6. The van der Waals surface area contributed by atoms with Gasteiger partial charge in [-0.05, 0) is 18.6 Å². The summed E-state index contributed by atoms with van der Waals surface area (Å²) in [5, 5.41) is 7.65. The zero-order valence-electron chi connectivity index (χ0n) is 16.6. The quantitative estimate of drug-likeness (QED) is 0.682. The normalized spacial score (nSPS) is 16.7. The maximum atomic E-state index is 12.8. The molecule has 2 amide bonds. The van der Waals surface area contributed by atoms with E-state index < -0.39 is 17.8 Å². The summed E-state index contributed by atoms with van der Waals surface area (Å²) in [6.07, 6.45) is -1.51. The van der Waals surface area contributed by atoms with Crippen molar-refractivity contribution in [2.75, 3.05) is 12.4 Å². The van der Waals surface area contributed by atoms with Crippen LogP contribution in [0, 0.1) is 0 Å². The molecule has 1 N–H and O–H groups in total. The molecule has 0 spiro atoms. The molecule has 3 aromatic rings. The van der Waals surface area contributed by atoms with E-state index >= 15 is 0 Å². The first-order valence-electron chi connectivity index (χ1n) is 9.37. The molecule has 2 aromatic heterocycles. The van der Waals surface area contributed by atoms with Gasteiger partial charge in [0.1, 0.15) is 11.8 Å². The molecule has 0 bridgehead atoms. The Hall–Kier alpha value is -3.63. The number of benzene rings is 1. The molecule has 8 nitrogen and oxygen atoms in total. The van der Waals surface area contributed by atoms with E-state index in [4.69, 9.17) is 4.74 Å². The van der Waals surface area contributed by atoms with E-state index in [1.807, 2.05) is 0 Å². The van der Waals surface area contributed by atoms with Gasteiger partial charge in [-0.25, -0.2) is 4.98 Å². The van der Waals surface area contributed by atoms with Crippen LogP contribution in [0.3, 0.4) is 0 Å². The predicted molar refractivity (Wildman–Crippen MR) is 104 cm³/mol. The minimum atomic E-state index is -4.49. The lowest BCUT2D eigenvalue weighted by atomic mass is 10.1. The molecular formula is C20H18F3N5O3. The minimum absolute atomic E-state index is 0.0327. The van der Waals surface area contributed by atoms with Gasteiger partial charge in [-0.1, -0.05) is 0 Å². The molecule has 4 rings (SSSR count). The van der Waals surface area contributed by atoms with Crippen molar-refractivity contribution in [2.24, 2.45) is 7.05 Å². The maximum absolute atomic E-state index is 12.8. The number of carbonyl (C=O) groups excluding carboxylic acids is 2. The van der Waals surface area contributed by atoms with E-state index in [1.165, 1.54) is 11.0 Å². The summed E-state index contributed by atoms with van der Waals surface area (Å²) in [7, 11) is 3.29. The number of alkyl halides is 3. The highest BCUT2D eigenvalue weighted by atomic mass is 19.4. The first kappa shape index (κ1) is 20.6. The number of carbonyl (C=O) groups is 2. The van der Waals surface area contributed by atoms with Crippen LogP contribution in [0.15, 0.2) is 36.7 Å². The van der Waals surface area contributed by atoms with Gasteiger partial charge < -0.3 is 15.0 Å². The lowest BCUT2D eigenvalue weighted by molar-refractivity contribution is -0.137. The fourth-order valence-corrected chi connectivity index (χ4v) is 3.51. The smallest absolute Gasteiger partial charge is 0.417 e. The summed E-state index contributed by atoms with van der Waals surface area (Å²) in [5.41, 5.74) is 0.149. The summed E-state index contributed by atoms with van der Waals surface area (Å²) in [5.74, 6) is -0.217. The third-order valence-electron chi connectivity index (χ3n) is 5.15. The number of halogens is 3. The molecule has 1 aliphatic heterocycles. The number of nitrogens with one attached hydrogen (secondary N) is 1.